The average molecular weight is 186 g/mol. The minimum Gasteiger partial charge on any atom is -0.0991 e. The monoisotopic (exact) mass is 186 g/mol. The second-order valence-electron chi connectivity index (χ2n) is 4.47. The second kappa shape index (κ2) is 4.28. The van der Waals surface area contributed by atoms with Gasteiger partial charge in [-0.3, -0.25) is 0 Å². The normalized spacial score (nSPS) is 11.9. The minimum absolute atomic E-state index is 0.237. The van der Waals surface area contributed by atoms with Crippen LogP contribution in [0.25, 0.3) is 6.08 Å². The van der Waals surface area contributed by atoms with E-state index in [2.05, 4.69) is 57.7 Å². The van der Waals surface area contributed by atoms with Gasteiger partial charge in [0.1, 0.15) is 0 Å². The molecule has 0 nitrogen and oxygen atoms in total. The van der Waals surface area contributed by atoms with Crippen molar-refractivity contribution in [2.24, 2.45) is 0 Å². The van der Waals surface area contributed by atoms with Gasteiger partial charge in [-0.05, 0) is 16.5 Å². The van der Waals surface area contributed by atoms with E-state index in [1.807, 2.05) is 6.08 Å². The zero-order chi connectivity index (χ0) is 10.6. The lowest BCUT2D eigenvalue weighted by molar-refractivity contribution is 0.590. The Kier molecular flexibility index (Phi) is 3.29. The fourth-order valence-electron chi connectivity index (χ4n) is 1.27. The van der Waals surface area contributed by atoms with E-state index in [9.17, 15) is 0 Å². The van der Waals surface area contributed by atoms with Crippen LogP contribution in [-0.2, 0) is 5.41 Å². The predicted molar refractivity (Wildman–Crippen MR) is 64.4 cm³/mol. The molecule has 1 aromatic rings. The van der Waals surface area contributed by atoms with E-state index in [0.717, 1.165) is 0 Å². The third-order valence-corrected chi connectivity index (χ3v) is 2.20. The van der Waals surface area contributed by atoms with Gasteiger partial charge in [-0.15, -0.1) is 0 Å². The maximum atomic E-state index is 3.65. The summed E-state index contributed by atoms with van der Waals surface area (Å²) in [5.74, 6) is 0. The Bertz CT molecular complexity index is 320. The van der Waals surface area contributed by atoms with E-state index in [0.29, 0.717) is 0 Å². The topological polar surface area (TPSA) is 0 Å². The summed E-state index contributed by atoms with van der Waals surface area (Å²) in [5.41, 5.74) is 2.83. The van der Waals surface area contributed by atoms with Crippen LogP contribution in [-0.4, -0.2) is 0 Å². The summed E-state index contributed by atoms with van der Waals surface area (Å²) in [6, 6.07) is 8.65. The minimum atomic E-state index is 0.237. The molecule has 0 aromatic heterocycles. The summed E-state index contributed by atoms with van der Waals surface area (Å²) in [4.78, 5) is 0. The van der Waals surface area contributed by atoms with Crippen LogP contribution in [0.1, 0.15) is 31.9 Å². The van der Waals surface area contributed by atoms with Crippen molar-refractivity contribution < 1.29 is 0 Å². The zero-order valence-electron chi connectivity index (χ0n) is 9.25. The second-order valence-corrected chi connectivity index (χ2v) is 4.47. The molecule has 0 aliphatic rings. The van der Waals surface area contributed by atoms with E-state index in [4.69, 9.17) is 0 Å². The van der Waals surface area contributed by atoms with Crippen LogP contribution in [0.2, 0.25) is 0 Å². The van der Waals surface area contributed by atoms with Gasteiger partial charge in [-0.1, -0.05) is 69.8 Å². The van der Waals surface area contributed by atoms with Crippen LogP contribution in [0.4, 0.5) is 0 Å². The van der Waals surface area contributed by atoms with E-state index in [1.165, 1.54) is 11.1 Å². The number of hydrogen-bond donors (Lipinski definition) is 0. The maximum Gasteiger partial charge on any atom is -0.0132 e. The Morgan fingerprint density at radius 2 is 1.64 bits per heavy atom. The highest BCUT2D eigenvalue weighted by Crippen LogP contribution is 2.22. The lowest BCUT2D eigenvalue weighted by Gasteiger charge is -2.18. The first-order valence-electron chi connectivity index (χ1n) is 4.93. The summed E-state index contributed by atoms with van der Waals surface area (Å²) < 4.78 is 0. The van der Waals surface area contributed by atoms with E-state index in [-0.39, 0.29) is 5.41 Å². The van der Waals surface area contributed by atoms with E-state index >= 15 is 0 Å². The van der Waals surface area contributed by atoms with Gasteiger partial charge >= 0.3 is 0 Å². The Labute approximate surface area is 87.0 Å². The molecule has 1 rings (SSSR count). The van der Waals surface area contributed by atoms with Crippen LogP contribution in [0, 0.1) is 0 Å². The number of allylic oxidation sites excluding steroid dienone is 2. The highest BCUT2D eigenvalue weighted by molar-refractivity contribution is 5.51. The SMILES string of the molecule is C=C/C=C/c1ccc(C(C)(C)C)cc1. The van der Waals surface area contributed by atoms with E-state index in [1.54, 1.807) is 6.08 Å². The fourth-order valence-corrected chi connectivity index (χ4v) is 1.27. The summed E-state index contributed by atoms with van der Waals surface area (Å²) >= 11 is 0. The van der Waals surface area contributed by atoms with Gasteiger partial charge in [0.15, 0.2) is 0 Å². The van der Waals surface area contributed by atoms with Gasteiger partial charge in [0.2, 0.25) is 0 Å². The molecule has 0 unspecified atom stereocenters. The summed E-state index contributed by atoms with van der Waals surface area (Å²) in [7, 11) is 0. The highest BCUT2D eigenvalue weighted by Gasteiger charge is 2.12. The molecule has 0 heteroatoms. The third-order valence-electron chi connectivity index (χ3n) is 2.20. The molecular weight excluding hydrogens is 168 g/mol. The van der Waals surface area contributed by atoms with Gasteiger partial charge in [0.25, 0.3) is 0 Å². The lowest BCUT2D eigenvalue weighted by Crippen LogP contribution is -2.10. The Morgan fingerprint density at radius 1 is 1.07 bits per heavy atom. The van der Waals surface area contributed by atoms with Crippen LogP contribution in [0.5, 0.6) is 0 Å². The first-order valence-corrected chi connectivity index (χ1v) is 4.93. The van der Waals surface area contributed by atoms with Crippen molar-refractivity contribution in [2.45, 2.75) is 26.2 Å². The molecule has 0 radical (unpaired) electrons. The number of hydrogen-bond acceptors (Lipinski definition) is 0. The highest BCUT2D eigenvalue weighted by atomic mass is 14.2. The molecule has 0 aliphatic carbocycles. The summed E-state index contributed by atoms with van der Waals surface area (Å²) in [6.07, 6.45) is 5.79. The van der Waals surface area contributed by atoms with Crippen molar-refractivity contribution in [1.82, 2.24) is 0 Å². The van der Waals surface area contributed by atoms with Crippen molar-refractivity contribution in [1.29, 1.82) is 0 Å². The molecule has 0 amide bonds. The maximum absolute atomic E-state index is 3.65. The third kappa shape index (κ3) is 2.88. The molecule has 0 N–H and O–H groups in total. The first-order chi connectivity index (χ1) is 6.54. The fraction of sp³-hybridized carbons (Fsp3) is 0.286. The molecule has 0 spiro atoms. The Balaban J connectivity index is 2.89. The van der Waals surface area contributed by atoms with Gasteiger partial charge in [0, 0.05) is 0 Å². The van der Waals surface area contributed by atoms with Crippen molar-refractivity contribution in [2.75, 3.05) is 0 Å². The van der Waals surface area contributed by atoms with Gasteiger partial charge in [-0.2, -0.15) is 0 Å². The summed E-state index contributed by atoms with van der Waals surface area (Å²) in [5, 5.41) is 0. The molecular formula is C14H18. The summed E-state index contributed by atoms with van der Waals surface area (Å²) in [6.45, 7) is 10.3. The molecule has 0 aliphatic heterocycles. The van der Waals surface area contributed by atoms with Crippen molar-refractivity contribution >= 4 is 6.08 Å². The quantitative estimate of drug-likeness (QED) is 0.608. The van der Waals surface area contributed by atoms with Gasteiger partial charge in [-0.25, -0.2) is 0 Å². The standard InChI is InChI=1S/C14H18/c1-5-6-7-12-8-10-13(11-9-12)14(2,3)4/h5-11H,1H2,2-4H3/b7-6+. The Morgan fingerprint density at radius 3 is 2.07 bits per heavy atom. The first kappa shape index (κ1) is 10.8. The van der Waals surface area contributed by atoms with Crippen LogP contribution in [0.15, 0.2) is 43.0 Å². The van der Waals surface area contributed by atoms with Gasteiger partial charge < -0.3 is 0 Å². The molecule has 74 valence electrons. The van der Waals surface area contributed by atoms with Crippen molar-refractivity contribution in [3.63, 3.8) is 0 Å². The van der Waals surface area contributed by atoms with Crippen LogP contribution < -0.4 is 0 Å². The molecule has 0 atom stereocenters. The van der Waals surface area contributed by atoms with Crippen molar-refractivity contribution in [3.8, 4) is 0 Å². The molecule has 0 saturated carbocycles. The molecule has 1 aromatic carbocycles. The van der Waals surface area contributed by atoms with Gasteiger partial charge in [0.05, 0.1) is 0 Å². The lowest BCUT2D eigenvalue weighted by atomic mass is 9.87. The molecule has 0 bridgehead atoms. The van der Waals surface area contributed by atoms with E-state index < -0.39 is 0 Å². The molecule has 0 fully saturated rings. The van der Waals surface area contributed by atoms with Crippen LogP contribution >= 0.6 is 0 Å². The number of benzene rings is 1. The van der Waals surface area contributed by atoms with Crippen LogP contribution in [0.3, 0.4) is 0 Å². The largest absolute Gasteiger partial charge is 0.0991 e. The Hall–Kier alpha value is -1.30. The predicted octanol–water partition coefficient (Wildman–Crippen LogP) is 4.18. The zero-order valence-corrected chi connectivity index (χ0v) is 9.25. The number of rotatable bonds is 2. The molecule has 0 saturated heterocycles. The average Bonchev–Trinajstić information content (AvgIpc) is 2.14. The van der Waals surface area contributed by atoms with Crippen molar-refractivity contribution in [3.05, 3.63) is 54.1 Å². The molecule has 0 heterocycles. The molecule has 14 heavy (non-hydrogen) atoms. The smallest absolute Gasteiger partial charge is 0.0132 e.